The minimum Gasteiger partial charge on any atom is -0.468 e. The van der Waals surface area contributed by atoms with Crippen LogP contribution in [-0.4, -0.2) is 9.97 Å². The maximum atomic E-state index is 5.18. The molecule has 2 aromatic heterocycles. The predicted octanol–water partition coefficient (Wildman–Crippen LogP) is 1.36. The van der Waals surface area contributed by atoms with Crippen molar-refractivity contribution in [1.82, 2.24) is 15.3 Å². The van der Waals surface area contributed by atoms with Gasteiger partial charge in [0.05, 0.1) is 18.5 Å². The van der Waals surface area contributed by atoms with Crippen LogP contribution in [0, 0.1) is 0 Å². The summed E-state index contributed by atoms with van der Waals surface area (Å²) >= 11 is 0. The summed E-state index contributed by atoms with van der Waals surface area (Å²) in [5.74, 6) is 0.930. The van der Waals surface area contributed by atoms with E-state index < -0.39 is 0 Å². The highest BCUT2D eigenvalue weighted by molar-refractivity contribution is 5.00. The Morgan fingerprint density at radius 3 is 3.00 bits per heavy atom. The lowest BCUT2D eigenvalue weighted by Gasteiger charge is -2.00. The van der Waals surface area contributed by atoms with Crippen molar-refractivity contribution in [2.24, 2.45) is 0 Å². The summed E-state index contributed by atoms with van der Waals surface area (Å²) in [4.78, 5) is 7.94. The number of hydrogen-bond acceptors (Lipinski definition) is 4. The van der Waals surface area contributed by atoms with E-state index in [2.05, 4.69) is 15.3 Å². The third kappa shape index (κ3) is 2.40. The number of aromatic nitrogens is 2. The van der Waals surface area contributed by atoms with Crippen LogP contribution in [0.2, 0.25) is 0 Å². The standard InChI is InChI=1S/C10H11N3O/c1-2-10(14-5-1)7-12-6-9-3-4-11-8-13-9/h1-5,8,12H,6-7H2. The highest BCUT2D eigenvalue weighted by Gasteiger charge is 1.95. The van der Waals surface area contributed by atoms with Crippen molar-refractivity contribution in [3.8, 4) is 0 Å². The van der Waals surface area contributed by atoms with Crippen molar-refractivity contribution >= 4 is 0 Å². The molecule has 4 heteroatoms. The Kier molecular flexibility index (Phi) is 2.88. The normalized spacial score (nSPS) is 10.3. The molecule has 14 heavy (non-hydrogen) atoms. The van der Waals surface area contributed by atoms with Gasteiger partial charge in [0.25, 0.3) is 0 Å². The summed E-state index contributed by atoms with van der Waals surface area (Å²) in [7, 11) is 0. The van der Waals surface area contributed by atoms with E-state index in [9.17, 15) is 0 Å². The molecular weight excluding hydrogens is 178 g/mol. The molecule has 0 spiro atoms. The first-order chi connectivity index (χ1) is 6.95. The molecule has 0 fully saturated rings. The lowest BCUT2D eigenvalue weighted by molar-refractivity contribution is 0.481. The van der Waals surface area contributed by atoms with Crippen molar-refractivity contribution in [1.29, 1.82) is 0 Å². The van der Waals surface area contributed by atoms with Crippen LogP contribution in [0.3, 0.4) is 0 Å². The van der Waals surface area contributed by atoms with Crippen LogP contribution in [0.4, 0.5) is 0 Å². The summed E-state index contributed by atoms with van der Waals surface area (Å²) in [5.41, 5.74) is 0.978. The summed E-state index contributed by atoms with van der Waals surface area (Å²) < 4.78 is 5.18. The van der Waals surface area contributed by atoms with Gasteiger partial charge < -0.3 is 9.73 Å². The fourth-order valence-electron chi connectivity index (χ4n) is 1.15. The van der Waals surface area contributed by atoms with Gasteiger partial charge in [-0.3, -0.25) is 0 Å². The first-order valence-corrected chi connectivity index (χ1v) is 4.43. The third-order valence-corrected chi connectivity index (χ3v) is 1.83. The molecule has 0 bridgehead atoms. The highest BCUT2D eigenvalue weighted by atomic mass is 16.3. The molecule has 4 nitrogen and oxygen atoms in total. The molecule has 1 N–H and O–H groups in total. The molecule has 0 unspecified atom stereocenters. The molecule has 0 amide bonds. The molecule has 0 radical (unpaired) electrons. The van der Waals surface area contributed by atoms with Crippen LogP contribution in [0.1, 0.15) is 11.5 Å². The number of furan rings is 1. The lowest BCUT2D eigenvalue weighted by Crippen LogP contribution is -2.13. The molecule has 2 rings (SSSR count). The van der Waals surface area contributed by atoms with E-state index >= 15 is 0 Å². The van der Waals surface area contributed by atoms with Crippen LogP contribution >= 0.6 is 0 Å². The van der Waals surface area contributed by atoms with Crippen LogP contribution in [-0.2, 0) is 13.1 Å². The fourth-order valence-corrected chi connectivity index (χ4v) is 1.15. The third-order valence-electron chi connectivity index (χ3n) is 1.83. The Hall–Kier alpha value is -1.68. The van der Waals surface area contributed by atoms with Gasteiger partial charge in [-0.1, -0.05) is 0 Å². The topological polar surface area (TPSA) is 51.0 Å². The average Bonchev–Trinajstić information content (AvgIpc) is 2.72. The van der Waals surface area contributed by atoms with E-state index in [0.717, 1.165) is 24.5 Å². The summed E-state index contributed by atoms with van der Waals surface area (Å²) in [6.07, 6.45) is 4.95. The smallest absolute Gasteiger partial charge is 0.117 e. The molecular formula is C10H11N3O. The number of nitrogens with zero attached hydrogens (tertiary/aromatic N) is 2. The minimum atomic E-state index is 0.719. The molecule has 2 aromatic rings. The van der Waals surface area contributed by atoms with Crippen LogP contribution in [0.25, 0.3) is 0 Å². The van der Waals surface area contributed by atoms with E-state index in [1.165, 1.54) is 0 Å². The van der Waals surface area contributed by atoms with E-state index in [-0.39, 0.29) is 0 Å². The number of hydrogen-bond donors (Lipinski definition) is 1. The fraction of sp³-hybridized carbons (Fsp3) is 0.200. The van der Waals surface area contributed by atoms with E-state index in [1.807, 2.05) is 18.2 Å². The first-order valence-electron chi connectivity index (χ1n) is 4.43. The largest absolute Gasteiger partial charge is 0.468 e. The Bertz CT molecular complexity index is 358. The van der Waals surface area contributed by atoms with Gasteiger partial charge >= 0.3 is 0 Å². The second kappa shape index (κ2) is 4.53. The quantitative estimate of drug-likeness (QED) is 0.789. The Labute approximate surface area is 82.0 Å². The van der Waals surface area contributed by atoms with Gasteiger partial charge in [0.1, 0.15) is 12.1 Å². The van der Waals surface area contributed by atoms with Gasteiger partial charge in [-0.2, -0.15) is 0 Å². The van der Waals surface area contributed by atoms with Crippen LogP contribution in [0.5, 0.6) is 0 Å². The van der Waals surface area contributed by atoms with Gasteiger partial charge in [-0.15, -0.1) is 0 Å². The highest BCUT2D eigenvalue weighted by Crippen LogP contribution is 1.99. The zero-order chi connectivity index (χ0) is 9.64. The Morgan fingerprint density at radius 1 is 1.29 bits per heavy atom. The second-order valence-corrected chi connectivity index (χ2v) is 2.88. The zero-order valence-electron chi connectivity index (χ0n) is 7.68. The lowest BCUT2D eigenvalue weighted by atomic mass is 10.4. The minimum absolute atomic E-state index is 0.719. The molecule has 0 atom stereocenters. The van der Waals surface area contributed by atoms with E-state index in [4.69, 9.17) is 4.42 Å². The second-order valence-electron chi connectivity index (χ2n) is 2.88. The number of nitrogens with one attached hydrogen (secondary N) is 1. The molecule has 0 aliphatic carbocycles. The molecule has 72 valence electrons. The van der Waals surface area contributed by atoms with Gasteiger partial charge in [-0.05, 0) is 18.2 Å². The molecule has 0 saturated heterocycles. The predicted molar refractivity (Wildman–Crippen MR) is 51.3 cm³/mol. The Morgan fingerprint density at radius 2 is 2.29 bits per heavy atom. The molecule has 0 aliphatic rings. The SMILES string of the molecule is c1coc(CNCc2ccncn2)c1. The van der Waals surface area contributed by atoms with E-state index in [0.29, 0.717) is 0 Å². The van der Waals surface area contributed by atoms with Crippen molar-refractivity contribution in [2.75, 3.05) is 0 Å². The van der Waals surface area contributed by atoms with Crippen molar-refractivity contribution in [2.45, 2.75) is 13.1 Å². The maximum Gasteiger partial charge on any atom is 0.117 e. The summed E-state index contributed by atoms with van der Waals surface area (Å²) in [6, 6.07) is 5.70. The van der Waals surface area contributed by atoms with Gasteiger partial charge in [0, 0.05) is 12.7 Å². The van der Waals surface area contributed by atoms with Crippen LogP contribution in [0.15, 0.2) is 41.4 Å². The van der Waals surface area contributed by atoms with Gasteiger partial charge in [0.2, 0.25) is 0 Å². The van der Waals surface area contributed by atoms with Crippen molar-refractivity contribution < 1.29 is 4.42 Å². The van der Waals surface area contributed by atoms with Gasteiger partial charge in [-0.25, -0.2) is 9.97 Å². The zero-order valence-corrected chi connectivity index (χ0v) is 7.68. The molecule has 0 aromatic carbocycles. The molecule has 2 heterocycles. The summed E-state index contributed by atoms with van der Waals surface area (Å²) in [6.45, 7) is 1.44. The number of rotatable bonds is 4. The van der Waals surface area contributed by atoms with E-state index in [1.54, 1.807) is 18.8 Å². The van der Waals surface area contributed by atoms with Crippen LogP contribution < -0.4 is 5.32 Å². The van der Waals surface area contributed by atoms with Crippen molar-refractivity contribution in [3.63, 3.8) is 0 Å². The summed E-state index contributed by atoms with van der Waals surface area (Å²) in [5, 5.41) is 3.22. The maximum absolute atomic E-state index is 5.18. The Balaban J connectivity index is 1.79. The first kappa shape index (κ1) is 8.90. The molecule has 0 aliphatic heterocycles. The molecule has 0 saturated carbocycles. The average molecular weight is 189 g/mol. The van der Waals surface area contributed by atoms with Crippen molar-refractivity contribution in [3.05, 3.63) is 48.4 Å². The monoisotopic (exact) mass is 189 g/mol. The van der Waals surface area contributed by atoms with Gasteiger partial charge in [0.15, 0.2) is 0 Å².